The van der Waals surface area contributed by atoms with Gasteiger partial charge in [-0.3, -0.25) is 4.79 Å². The molecule has 84 valence electrons. The highest BCUT2D eigenvalue weighted by Gasteiger charge is 2.16. The molecule has 3 atom stereocenters. The van der Waals surface area contributed by atoms with Crippen molar-refractivity contribution in [2.75, 3.05) is 20.3 Å². The minimum Gasteiger partial charge on any atom is -0.384 e. The fourth-order valence-electron chi connectivity index (χ4n) is 1.02. The van der Waals surface area contributed by atoms with Crippen molar-refractivity contribution >= 4 is 5.91 Å². The average molecular weight is 202 g/mol. The van der Waals surface area contributed by atoms with Gasteiger partial charge in [0.05, 0.1) is 6.61 Å². The molecule has 4 nitrogen and oxygen atoms in total. The smallest absolute Gasteiger partial charge is 0.224 e. The Balaban J connectivity index is 3.73. The summed E-state index contributed by atoms with van der Waals surface area (Å²) in [6.07, 6.45) is 0. The molecular weight excluding hydrogens is 180 g/mol. The molecule has 0 aromatic carbocycles. The maximum Gasteiger partial charge on any atom is 0.224 e. The second-order valence-corrected chi connectivity index (χ2v) is 3.95. The third-order valence-electron chi connectivity index (χ3n) is 2.28. The molecule has 3 unspecified atom stereocenters. The van der Waals surface area contributed by atoms with Gasteiger partial charge in [0.2, 0.25) is 5.91 Å². The van der Waals surface area contributed by atoms with Crippen molar-refractivity contribution in [3.05, 3.63) is 0 Å². The molecule has 3 N–H and O–H groups in total. The van der Waals surface area contributed by atoms with Crippen LogP contribution in [-0.4, -0.2) is 32.2 Å². The lowest BCUT2D eigenvalue weighted by Crippen LogP contribution is -2.40. The van der Waals surface area contributed by atoms with E-state index in [4.69, 9.17) is 10.5 Å². The van der Waals surface area contributed by atoms with Crippen molar-refractivity contribution in [1.82, 2.24) is 5.32 Å². The number of nitrogens with two attached hydrogens (primary N) is 1. The monoisotopic (exact) mass is 202 g/mol. The largest absolute Gasteiger partial charge is 0.384 e. The van der Waals surface area contributed by atoms with E-state index in [2.05, 4.69) is 5.32 Å². The molecule has 0 aliphatic rings. The number of hydrogen-bond acceptors (Lipinski definition) is 3. The third-order valence-corrected chi connectivity index (χ3v) is 2.28. The summed E-state index contributed by atoms with van der Waals surface area (Å²) in [6, 6.07) is -0.104. The number of nitrogens with one attached hydrogen (secondary N) is 1. The van der Waals surface area contributed by atoms with Gasteiger partial charge in [-0.2, -0.15) is 0 Å². The van der Waals surface area contributed by atoms with Crippen LogP contribution in [-0.2, 0) is 9.53 Å². The molecule has 0 heterocycles. The maximum absolute atomic E-state index is 11.5. The normalized spacial score (nSPS) is 17.2. The van der Waals surface area contributed by atoms with E-state index in [-0.39, 0.29) is 17.9 Å². The standard InChI is InChI=1S/C10H22N2O2/c1-7(6-14-4)5-12-10(13)8(2)9(3)11/h7-9H,5-6,11H2,1-4H3,(H,12,13). The van der Waals surface area contributed by atoms with E-state index < -0.39 is 0 Å². The zero-order valence-electron chi connectivity index (χ0n) is 9.54. The summed E-state index contributed by atoms with van der Waals surface area (Å²) in [5.41, 5.74) is 5.62. The van der Waals surface area contributed by atoms with Crippen molar-refractivity contribution in [3.63, 3.8) is 0 Å². The van der Waals surface area contributed by atoms with E-state index in [1.807, 2.05) is 20.8 Å². The molecule has 14 heavy (non-hydrogen) atoms. The first kappa shape index (κ1) is 13.4. The van der Waals surface area contributed by atoms with E-state index in [0.29, 0.717) is 19.1 Å². The maximum atomic E-state index is 11.5. The second kappa shape index (κ2) is 6.79. The minimum absolute atomic E-state index is 0.0166. The van der Waals surface area contributed by atoms with Gasteiger partial charge in [0.1, 0.15) is 0 Å². The number of carbonyl (C=O) groups is 1. The molecule has 0 fully saturated rings. The van der Waals surface area contributed by atoms with Crippen molar-refractivity contribution in [1.29, 1.82) is 0 Å². The Bertz CT molecular complexity index is 172. The van der Waals surface area contributed by atoms with Gasteiger partial charge in [0, 0.05) is 25.6 Å². The summed E-state index contributed by atoms with van der Waals surface area (Å²) in [7, 11) is 1.66. The van der Waals surface area contributed by atoms with Crippen molar-refractivity contribution in [3.8, 4) is 0 Å². The molecule has 0 spiro atoms. The van der Waals surface area contributed by atoms with Crippen LogP contribution in [0, 0.1) is 11.8 Å². The minimum atomic E-state index is -0.134. The zero-order valence-corrected chi connectivity index (χ0v) is 9.54. The van der Waals surface area contributed by atoms with Crippen LogP contribution in [0.3, 0.4) is 0 Å². The summed E-state index contributed by atoms with van der Waals surface area (Å²) in [5, 5.41) is 2.85. The van der Waals surface area contributed by atoms with E-state index in [1.165, 1.54) is 0 Å². The lowest BCUT2D eigenvalue weighted by molar-refractivity contribution is -0.125. The Morgan fingerprint density at radius 1 is 1.43 bits per heavy atom. The lowest BCUT2D eigenvalue weighted by Gasteiger charge is -2.17. The number of rotatable bonds is 6. The van der Waals surface area contributed by atoms with Gasteiger partial charge in [-0.15, -0.1) is 0 Å². The van der Waals surface area contributed by atoms with Gasteiger partial charge < -0.3 is 15.8 Å². The number of amides is 1. The van der Waals surface area contributed by atoms with Crippen LogP contribution in [0.15, 0.2) is 0 Å². The van der Waals surface area contributed by atoms with Crippen molar-refractivity contribution in [2.24, 2.45) is 17.6 Å². The van der Waals surface area contributed by atoms with E-state index in [9.17, 15) is 4.79 Å². The molecule has 0 radical (unpaired) electrons. The topological polar surface area (TPSA) is 64.3 Å². The Kier molecular flexibility index (Phi) is 6.49. The van der Waals surface area contributed by atoms with Gasteiger partial charge in [-0.05, 0) is 12.8 Å². The van der Waals surface area contributed by atoms with Crippen LogP contribution in [0.4, 0.5) is 0 Å². The lowest BCUT2D eigenvalue weighted by atomic mass is 10.0. The summed E-state index contributed by atoms with van der Waals surface area (Å²) in [5.74, 6) is 0.219. The summed E-state index contributed by atoms with van der Waals surface area (Å²) in [4.78, 5) is 11.5. The Labute approximate surface area is 86.2 Å². The van der Waals surface area contributed by atoms with Crippen LogP contribution >= 0.6 is 0 Å². The van der Waals surface area contributed by atoms with E-state index in [0.717, 1.165) is 0 Å². The highest BCUT2D eigenvalue weighted by molar-refractivity contribution is 5.78. The van der Waals surface area contributed by atoms with Crippen LogP contribution in [0.1, 0.15) is 20.8 Å². The molecule has 0 aromatic rings. The second-order valence-electron chi connectivity index (χ2n) is 3.95. The quantitative estimate of drug-likeness (QED) is 0.654. The molecule has 0 saturated heterocycles. The average Bonchev–Trinajstić information content (AvgIpc) is 2.13. The highest BCUT2D eigenvalue weighted by atomic mass is 16.5. The van der Waals surface area contributed by atoms with Crippen molar-refractivity contribution in [2.45, 2.75) is 26.8 Å². The first-order chi connectivity index (χ1) is 6.49. The van der Waals surface area contributed by atoms with Crippen molar-refractivity contribution < 1.29 is 9.53 Å². The molecule has 0 aliphatic carbocycles. The van der Waals surface area contributed by atoms with Gasteiger partial charge >= 0.3 is 0 Å². The van der Waals surface area contributed by atoms with Crippen LogP contribution in [0.2, 0.25) is 0 Å². The molecule has 4 heteroatoms. The Hall–Kier alpha value is -0.610. The Morgan fingerprint density at radius 3 is 2.43 bits per heavy atom. The predicted molar refractivity (Wildman–Crippen MR) is 56.9 cm³/mol. The van der Waals surface area contributed by atoms with Crippen LogP contribution < -0.4 is 11.1 Å². The van der Waals surface area contributed by atoms with E-state index >= 15 is 0 Å². The molecule has 0 aromatic heterocycles. The van der Waals surface area contributed by atoms with Crippen LogP contribution in [0.5, 0.6) is 0 Å². The summed E-state index contributed by atoms with van der Waals surface area (Å²) < 4.78 is 4.97. The number of hydrogen-bond donors (Lipinski definition) is 2. The molecule has 0 bridgehead atoms. The molecular formula is C10H22N2O2. The highest BCUT2D eigenvalue weighted by Crippen LogP contribution is 2.00. The van der Waals surface area contributed by atoms with Gasteiger partial charge in [0.25, 0.3) is 0 Å². The Morgan fingerprint density at radius 2 is 2.00 bits per heavy atom. The first-order valence-corrected chi connectivity index (χ1v) is 5.01. The number of carbonyl (C=O) groups excluding carboxylic acids is 1. The van der Waals surface area contributed by atoms with Gasteiger partial charge in [-0.25, -0.2) is 0 Å². The zero-order chi connectivity index (χ0) is 11.1. The SMILES string of the molecule is COCC(C)CNC(=O)C(C)C(C)N. The molecule has 0 aliphatic heterocycles. The third kappa shape index (κ3) is 5.19. The number of methoxy groups -OCH3 is 1. The van der Waals surface area contributed by atoms with Gasteiger partial charge in [-0.1, -0.05) is 13.8 Å². The summed E-state index contributed by atoms with van der Waals surface area (Å²) in [6.45, 7) is 7.00. The van der Waals surface area contributed by atoms with Crippen LogP contribution in [0.25, 0.3) is 0 Å². The fraction of sp³-hybridized carbons (Fsp3) is 0.900. The fourth-order valence-corrected chi connectivity index (χ4v) is 1.02. The predicted octanol–water partition coefficient (Wildman–Crippen LogP) is 0.368. The molecule has 0 rings (SSSR count). The first-order valence-electron chi connectivity index (χ1n) is 5.01. The number of ether oxygens (including phenoxy) is 1. The van der Waals surface area contributed by atoms with E-state index in [1.54, 1.807) is 7.11 Å². The summed E-state index contributed by atoms with van der Waals surface area (Å²) >= 11 is 0. The molecule has 0 saturated carbocycles. The molecule has 1 amide bonds. The van der Waals surface area contributed by atoms with Gasteiger partial charge in [0.15, 0.2) is 0 Å².